The molecule has 2 aliphatic heterocycles. The van der Waals surface area contributed by atoms with Crippen LogP contribution < -0.4 is 15.3 Å². The predicted molar refractivity (Wildman–Crippen MR) is 217 cm³/mol. The van der Waals surface area contributed by atoms with E-state index in [1.165, 1.54) is 23.8 Å². The minimum Gasteiger partial charge on any atom is -0.508 e. The molecule has 3 aliphatic rings. The van der Waals surface area contributed by atoms with Crippen molar-refractivity contribution in [2.45, 2.75) is 64.5 Å². The highest BCUT2D eigenvalue weighted by Crippen LogP contribution is 2.51. The molecule has 9 nitrogen and oxygen atoms in total. The molecule has 2 heterocycles. The number of non-ortho nitro benzene ring substituents is 1. The maximum Gasteiger partial charge on any atom is 0.271 e. The largest absolute Gasteiger partial charge is 0.508 e. The van der Waals surface area contributed by atoms with Crippen LogP contribution in [0.3, 0.4) is 0 Å². The summed E-state index contributed by atoms with van der Waals surface area (Å²) in [6.07, 6.45) is 4.53. The molecule has 2 saturated heterocycles. The highest BCUT2D eigenvalue weighted by Gasteiger charge is 2.58. The molecule has 0 unspecified atom stereocenters. The number of hydrogen-bond acceptors (Lipinski definition) is 7. The van der Waals surface area contributed by atoms with Crippen LogP contribution in [0.25, 0.3) is 6.08 Å². The maximum atomic E-state index is 14.4. The molecular formula is C45H48N2O7Si. The van der Waals surface area contributed by atoms with Crippen molar-refractivity contribution in [3.63, 3.8) is 0 Å². The van der Waals surface area contributed by atoms with Crippen LogP contribution in [0.2, 0.25) is 5.04 Å². The van der Waals surface area contributed by atoms with Gasteiger partial charge in [-0.25, -0.2) is 4.90 Å². The molecule has 0 aromatic heterocycles. The Kier molecular flexibility index (Phi) is 10.8. The van der Waals surface area contributed by atoms with Crippen molar-refractivity contribution >= 4 is 48.0 Å². The summed E-state index contributed by atoms with van der Waals surface area (Å²) in [5.41, 5.74) is 4.34. The zero-order chi connectivity index (χ0) is 38.9. The number of aromatic hydroxyl groups is 1. The number of benzene rings is 4. The molecule has 0 saturated carbocycles. The minimum absolute atomic E-state index is 0.178. The number of carbonyl (C=O) groups is 2. The molecule has 1 aliphatic carbocycles. The van der Waals surface area contributed by atoms with E-state index >= 15 is 0 Å². The van der Waals surface area contributed by atoms with Crippen LogP contribution in [0.1, 0.15) is 58.9 Å². The van der Waals surface area contributed by atoms with E-state index in [0.29, 0.717) is 19.4 Å². The second kappa shape index (κ2) is 15.5. The zero-order valence-electron chi connectivity index (χ0n) is 31.8. The summed E-state index contributed by atoms with van der Waals surface area (Å²) in [5, 5.41) is 23.5. The van der Waals surface area contributed by atoms with Gasteiger partial charge in [0.05, 0.1) is 41.8 Å². The normalized spacial score (nSPS) is 21.5. The fourth-order valence-corrected chi connectivity index (χ4v) is 13.6. The van der Waals surface area contributed by atoms with Crippen molar-refractivity contribution in [2.24, 2.45) is 17.8 Å². The van der Waals surface area contributed by atoms with Gasteiger partial charge in [0.25, 0.3) is 14.0 Å². The van der Waals surface area contributed by atoms with Crippen molar-refractivity contribution in [2.75, 3.05) is 18.1 Å². The average Bonchev–Trinajstić information content (AvgIpc) is 3.72. The van der Waals surface area contributed by atoms with Gasteiger partial charge in [-0.1, -0.05) is 118 Å². The topological polar surface area (TPSA) is 119 Å². The number of nitro benzene ring substituents is 1. The van der Waals surface area contributed by atoms with Gasteiger partial charge in [-0.2, -0.15) is 0 Å². The van der Waals surface area contributed by atoms with Gasteiger partial charge < -0.3 is 14.3 Å². The summed E-state index contributed by atoms with van der Waals surface area (Å²) in [6.45, 7) is 9.42. The molecule has 1 N–H and O–H groups in total. The van der Waals surface area contributed by atoms with Gasteiger partial charge in [-0.3, -0.25) is 19.7 Å². The number of allylic oxidation sites excluding steroid dienone is 1. The first-order chi connectivity index (χ1) is 26.4. The molecule has 0 radical (unpaired) electrons. The van der Waals surface area contributed by atoms with Crippen LogP contribution in [0.15, 0.2) is 126 Å². The van der Waals surface area contributed by atoms with Gasteiger partial charge in [0, 0.05) is 18.1 Å². The number of anilines is 1. The number of amides is 2. The van der Waals surface area contributed by atoms with Gasteiger partial charge in [0.15, 0.2) is 0 Å². The Labute approximate surface area is 323 Å². The summed E-state index contributed by atoms with van der Waals surface area (Å²) in [7, 11) is -2.96. The molecular weight excluding hydrogens is 709 g/mol. The minimum atomic E-state index is -2.96. The maximum absolute atomic E-state index is 14.4. The Morgan fingerprint density at radius 2 is 1.58 bits per heavy atom. The van der Waals surface area contributed by atoms with Gasteiger partial charge in [-0.05, 0) is 76.0 Å². The standard InChI is InChI=1S/C45H48N2O7Si/c1-5-30(25-31-19-22-35(48)23-20-31)21-24-40-41-32(28-54-55(45(2,3)4,36-15-8-6-9-16-36)37-17-10-7-11-18-37)26-38-42(39(41)29-53-40)44(50)46(43(38)49)33-13-12-14-34(27-33)47(51)52/h6-20,22-23,25,27,38-40,42,48H,5,21,24,26,28-29H2,1-4H3/b30-25+/t38-,39+,40-,42-/m1/s1. The van der Waals surface area contributed by atoms with E-state index in [2.05, 4.69) is 82.3 Å². The fourth-order valence-electron chi connectivity index (χ4n) is 9.04. The molecule has 55 heavy (non-hydrogen) atoms. The Morgan fingerprint density at radius 1 is 0.927 bits per heavy atom. The zero-order valence-corrected chi connectivity index (χ0v) is 32.8. The lowest BCUT2D eigenvalue weighted by Crippen LogP contribution is -2.66. The number of phenols is 1. The quantitative estimate of drug-likeness (QED) is 0.0512. The number of nitrogens with zero attached hydrogens (tertiary/aromatic N) is 2. The monoisotopic (exact) mass is 756 g/mol. The van der Waals surface area contributed by atoms with Crippen molar-refractivity contribution in [1.82, 2.24) is 0 Å². The summed E-state index contributed by atoms with van der Waals surface area (Å²) in [5.74, 6) is -2.06. The molecule has 7 rings (SSSR count). The second-order valence-electron chi connectivity index (χ2n) is 15.9. The average molecular weight is 757 g/mol. The lowest BCUT2D eigenvalue weighted by atomic mass is 9.69. The third-order valence-electron chi connectivity index (χ3n) is 11.6. The molecule has 4 aromatic rings. The third-order valence-corrected chi connectivity index (χ3v) is 16.6. The molecule has 4 atom stereocenters. The van der Waals surface area contributed by atoms with Crippen molar-refractivity contribution in [3.8, 4) is 5.75 Å². The van der Waals surface area contributed by atoms with Crippen LogP contribution in [0.5, 0.6) is 5.75 Å². The SMILES string of the molecule is CC/C(=C\c1ccc(O)cc1)CC[C@H]1OC[C@H]2C1=C(CO[Si](c1ccccc1)(c1ccccc1)C(C)(C)C)C[C@H]1C(=O)N(c3cccc([N+](=O)[O-])c3)C(=O)[C@H]12. The summed E-state index contributed by atoms with van der Waals surface area (Å²) in [6, 6.07) is 33.8. The molecule has 2 fully saturated rings. The van der Waals surface area contributed by atoms with E-state index in [9.17, 15) is 24.8 Å². The first-order valence-electron chi connectivity index (χ1n) is 19.1. The fraction of sp³-hybridized carbons (Fsp3) is 0.333. The Balaban J connectivity index is 1.28. The molecule has 10 heteroatoms. The van der Waals surface area contributed by atoms with Crippen molar-refractivity contribution < 1.29 is 28.8 Å². The van der Waals surface area contributed by atoms with E-state index < -0.39 is 25.1 Å². The first kappa shape index (κ1) is 38.1. The molecule has 4 aromatic carbocycles. The van der Waals surface area contributed by atoms with Gasteiger partial charge in [0.1, 0.15) is 5.75 Å². The van der Waals surface area contributed by atoms with E-state index in [4.69, 9.17) is 9.16 Å². The number of rotatable bonds is 12. The predicted octanol–water partition coefficient (Wildman–Crippen LogP) is 7.97. The Morgan fingerprint density at radius 3 is 2.18 bits per heavy atom. The number of hydrogen-bond donors (Lipinski definition) is 1. The van der Waals surface area contributed by atoms with Crippen LogP contribution in [-0.4, -0.2) is 49.5 Å². The molecule has 0 bridgehead atoms. The van der Waals surface area contributed by atoms with Gasteiger partial charge in [0.2, 0.25) is 11.8 Å². The van der Waals surface area contributed by atoms with Gasteiger partial charge >= 0.3 is 0 Å². The number of fused-ring (bicyclic) bond motifs is 3. The Hall–Kier alpha value is -5.16. The number of ether oxygens (including phenoxy) is 1. The van der Waals surface area contributed by atoms with Crippen LogP contribution in [0, 0.1) is 27.9 Å². The third kappa shape index (κ3) is 7.22. The lowest BCUT2D eigenvalue weighted by Gasteiger charge is -2.44. The highest BCUT2D eigenvalue weighted by molar-refractivity contribution is 6.99. The summed E-state index contributed by atoms with van der Waals surface area (Å²) >= 11 is 0. The number of nitro groups is 1. The van der Waals surface area contributed by atoms with E-state index in [0.717, 1.165) is 44.8 Å². The Bertz CT molecular complexity index is 2090. The van der Waals surface area contributed by atoms with E-state index in [1.54, 1.807) is 18.2 Å². The van der Waals surface area contributed by atoms with Crippen LogP contribution in [0.4, 0.5) is 11.4 Å². The van der Waals surface area contributed by atoms with E-state index in [1.807, 2.05) is 24.3 Å². The summed E-state index contributed by atoms with van der Waals surface area (Å²) in [4.78, 5) is 41.0. The van der Waals surface area contributed by atoms with Crippen molar-refractivity contribution in [1.29, 1.82) is 0 Å². The number of phenolic OH excluding ortho intramolecular Hbond substituents is 1. The highest BCUT2D eigenvalue weighted by atomic mass is 28.4. The number of imide groups is 1. The van der Waals surface area contributed by atoms with Crippen LogP contribution >= 0.6 is 0 Å². The molecule has 2 amide bonds. The van der Waals surface area contributed by atoms with Crippen LogP contribution in [-0.2, 0) is 18.8 Å². The molecule has 284 valence electrons. The summed E-state index contributed by atoms with van der Waals surface area (Å²) < 4.78 is 14.1. The van der Waals surface area contributed by atoms with E-state index in [-0.39, 0.29) is 52.6 Å². The molecule has 0 spiro atoms. The lowest BCUT2D eigenvalue weighted by molar-refractivity contribution is -0.384. The second-order valence-corrected chi connectivity index (χ2v) is 20.2. The number of carbonyl (C=O) groups excluding carboxylic acids is 2. The van der Waals surface area contributed by atoms with Gasteiger partial charge in [-0.15, -0.1) is 0 Å². The smallest absolute Gasteiger partial charge is 0.271 e. The first-order valence-corrected chi connectivity index (χ1v) is 21.0. The van der Waals surface area contributed by atoms with Crippen molar-refractivity contribution in [3.05, 3.63) is 142 Å².